The van der Waals surface area contributed by atoms with Crippen LogP contribution < -0.4 is 5.32 Å². The van der Waals surface area contributed by atoms with Gasteiger partial charge in [0.25, 0.3) is 5.91 Å². The highest BCUT2D eigenvalue weighted by Crippen LogP contribution is 2.19. The molecule has 19 heavy (non-hydrogen) atoms. The summed E-state index contributed by atoms with van der Waals surface area (Å²) in [6.07, 6.45) is 0. The fourth-order valence-electron chi connectivity index (χ4n) is 1.59. The summed E-state index contributed by atoms with van der Waals surface area (Å²) >= 11 is 8.93. The first kappa shape index (κ1) is 14.0. The number of carbonyl (C=O) groups is 1. The Morgan fingerprint density at radius 1 is 1.21 bits per heavy atom. The summed E-state index contributed by atoms with van der Waals surface area (Å²) in [5.41, 5.74) is 0.904. The highest BCUT2D eigenvalue weighted by molar-refractivity contribution is 9.10. The molecule has 0 aliphatic rings. The first-order valence-corrected chi connectivity index (χ1v) is 6.71. The largest absolute Gasteiger partial charge is 0.348 e. The fraction of sp³-hybridized carbons (Fsp3) is 0.0714. The molecule has 0 fully saturated rings. The molecule has 0 saturated heterocycles. The molecule has 0 aromatic heterocycles. The minimum Gasteiger partial charge on any atom is -0.348 e. The van der Waals surface area contributed by atoms with Crippen LogP contribution in [-0.2, 0) is 6.54 Å². The smallest absolute Gasteiger partial charge is 0.255 e. The lowest BCUT2D eigenvalue weighted by atomic mass is 10.2. The molecule has 5 heteroatoms. The molecule has 0 radical (unpaired) electrons. The van der Waals surface area contributed by atoms with Crippen molar-refractivity contribution < 1.29 is 9.18 Å². The topological polar surface area (TPSA) is 29.1 Å². The van der Waals surface area contributed by atoms with Gasteiger partial charge in [0.1, 0.15) is 5.82 Å². The van der Waals surface area contributed by atoms with E-state index in [2.05, 4.69) is 21.2 Å². The lowest BCUT2D eigenvalue weighted by Crippen LogP contribution is -2.24. The summed E-state index contributed by atoms with van der Waals surface area (Å²) in [6.45, 7) is 0.316. The van der Waals surface area contributed by atoms with E-state index in [1.54, 1.807) is 30.3 Å². The molecule has 0 aliphatic heterocycles. The van der Waals surface area contributed by atoms with Gasteiger partial charge in [-0.1, -0.05) is 29.8 Å². The van der Waals surface area contributed by atoms with Crippen molar-refractivity contribution in [3.8, 4) is 0 Å². The van der Waals surface area contributed by atoms with E-state index in [4.69, 9.17) is 11.6 Å². The van der Waals surface area contributed by atoms with Crippen LogP contribution in [0.25, 0.3) is 0 Å². The number of amides is 1. The molecule has 2 rings (SSSR count). The molecular weight excluding hydrogens is 333 g/mol. The molecule has 2 nitrogen and oxygen atoms in total. The fourth-order valence-corrected chi connectivity index (χ4v) is 2.24. The van der Waals surface area contributed by atoms with Crippen molar-refractivity contribution in [3.05, 3.63) is 68.9 Å². The van der Waals surface area contributed by atoms with Crippen molar-refractivity contribution in [1.82, 2.24) is 5.32 Å². The van der Waals surface area contributed by atoms with Gasteiger partial charge >= 0.3 is 0 Å². The Morgan fingerprint density at radius 2 is 1.89 bits per heavy atom. The van der Waals surface area contributed by atoms with Gasteiger partial charge in [0.15, 0.2) is 0 Å². The first-order valence-electron chi connectivity index (χ1n) is 5.54. The zero-order chi connectivity index (χ0) is 13.8. The van der Waals surface area contributed by atoms with Crippen LogP contribution in [0.5, 0.6) is 0 Å². The Balaban J connectivity index is 2.07. The quantitative estimate of drug-likeness (QED) is 0.891. The number of hydrogen-bond donors (Lipinski definition) is 1. The van der Waals surface area contributed by atoms with Crippen LogP contribution in [0.4, 0.5) is 4.39 Å². The lowest BCUT2D eigenvalue weighted by molar-refractivity contribution is 0.0946. The van der Waals surface area contributed by atoms with Crippen molar-refractivity contribution in [1.29, 1.82) is 0 Å². The molecule has 1 N–H and O–H groups in total. The normalized spacial score (nSPS) is 10.3. The number of benzene rings is 2. The summed E-state index contributed by atoms with van der Waals surface area (Å²) < 4.78 is 14.0. The summed E-state index contributed by atoms with van der Waals surface area (Å²) in [5, 5.41) is 3.30. The second kappa shape index (κ2) is 6.17. The minimum absolute atomic E-state index is 0.0106. The zero-order valence-corrected chi connectivity index (χ0v) is 12.1. The summed E-state index contributed by atoms with van der Waals surface area (Å²) in [5.74, 6) is -1.01. The molecular formula is C14H10BrClFNO. The summed E-state index contributed by atoms with van der Waals surface area (Å²) in [4.78, 5) is 11.9. The van der Waals surface area contributed by atoms with Crippen LogP contribution in [0.3, 0.4) is 0 Å². The number of halogens is 3. The highest BCUT2D eigenvalue weighted by Gasteiger charge is 2.14. The summed E-state index contributed by atoms with van der Waals surface area (Å²) in [6, 6.07) is 11.5. The van der Waals surface area contributed by atoms with Crippen molar-refractivity contribution in [3.63, 3.8) is 0 Å². The molecule has 0 atom stereocenters. The zero-order valence-electron chi connectivity index (χ0n) is 9.79. The van der Waals surface area contributed by atoms with Crippen LogP contribution in [0, 0.1) is 5.82 Å². The van der Waals surface area contributed by atoms with Crippen molar-refractivity contribution in [2.75, 3.05) is 0 Å². The van der Waals surface area contributed by atoms with E-state index in [-0.39, 0.29) is 5.56 Å². The van der Waals surface area contributed by atoms with E-state index in [0.29, 0.717) is 16.0 Å². The molecule has 0 saturated carbocycles. The predicted octanol–water partition coefficient (Wildman–Crippen LogP) is 4.17. The third-order valence-corrected chi connectivity index (χ3v) is 3.47. The van der Waals surface area contributed by atoms with E-state index >= 15 is 0 Å². The Labute approximate surface area is 123 Å². The standard InChI is InChI=1S/C14H10BrClFNO/c15-11-2-1-3-12(17)13(11)14(19)18-8-9-4-6-10(16)7-5-9/h1-7H,8H2,(H,18,19). The van der Waals surface area contributed by atoms with E-state index in [1.165, 1.54) is 12.1 Å². The van der Waals surface area contributed by atoms with Crippen LogP contribution in [0.15, 0.2) is 46.9 Å². The second-order valence-corrected chi connectivity index (χ2v) is 5.20. The van der Waals surface area contributed by atoms with Gasteiger partial charge in [-0.05, 0) is 45.8 Å². The number of hydrogen-bond acceptors (Lipinski definition) is 1. The van der Waals surface area contributed by atoms with Gasteiger partial charge in [0.2, 0.25) is 0 Å². The van der Waals surface area contributed by atoms with Crippen molar-refractivity contribution >= 4 is 33.4 Å². The molecule has 0 unspecified atom stereocenters. The monoisotopic (exact) mass is 341 g/mol. The predicted molar refractivity (Wildman–Crippen MR) is 76.7 cm³/mol. The van der Waals surface area contributed by atoms with E-state index < -0.39 is 11.7 Å². The van der Waals surface area contributed by atoms with E-state index in [1.807, 2.05) is 0 Å². The molecule has 0 spiro atoms. The van der Waals surface area contributed by atoms with Crippen LogP contribution in [-0.4, -0.2) is 5.91 Å². The molecule has 0 aliphatic carbocycles. The Morgan fingerprint density at radius 3 is 2.53 bits per heavy atom. The molecule has 1 amide bonds. The molecule has 0 bridgehead atoms. The van der Waals surface area contributed by atoms with E-state index in [9.17, 15) is 9.18 Å². The highest BCUT2D eigenvalue weighted by atomic mass is 79.9. The van der Waals surface area contributed by atoms with Crippen LogP contribution in [0.1, 0.15) is 15.9 Å². The average molecular weight is 343 g/mol. The number of carbonyl (C=O) groups excluding carboxylic acids is 1. The maximum atomic E-state index is 13.6. The minimum atomic E-state index is -0.553. The SMILES string of the molecule is O=C(NCc1ccc(Cl)cc1)c1c(F)cccc1Br. The van der Waals surface area contributed by atoms with Gasteiger partial charge < -0.3 is 5.32 Å². The van der Waals surface area contributed by atoms with Gasteiger partial charge in [-0.25, -0.2) is 4.39 Å². The van der Waals surface area contributed by atoms with Crippen molar-refractivity contribution in [2.45, 2.75) is 6.54 Å². The van der Waals surface area contributed by atoms with E-state index in [0.717, 1.165) is 5.56 Å². The number of nitrogens with one attached hydrogen (secondary N) is 1. The Hall–Kier alpha value is -1.39. The third kappa shape index (κ3) is 3.55. The third-order valence-electron chi connectivity index (χ3n) is 2.56. The average Bonchev–Trinajstić information content (AvgIpc) is 2.38. The van der Waals surface area contributed by atoms with Crippen molar-refractivity contribution in [2.24, 2.45) is 0 Å². The van der Waals surface area contributed by atoms with Gasteiger partial charge in [-0.15, -0.1) is 0 Å². The summed E-state index contributed by atoms with van der Waals surface area (Å²) in [7, 11) is 0. The van der Waals surface area contributed by atoms with Crippen LogP contribution in [0.2, 0.25) is 5.02 Å². The number of rotatable bonds is 3. The Bertz CT molecular complexity index is 581. The molecule has 98 valence electrons. The maximum absolute atomic E-state index is 13.6. The molecule has 0 heterocycles. The lowest BCUT2D eigenvalue weighted by Gasteiger charge is -2.08. The first-order chi connectivity index (χ1) is 9.08. The molecule has 2 aromatic rings. The van der Waals surface area contributed by atoms with Crippen LogP contribution >= 0.6 is 27.5 Å². The maximum Gasteiger partial charge on any atom is 0.255 e. The van der Waals surface area contributed by atoms with Gasteiger partial charge in [-0.3, -0.25) is 4.79 Å². The molecule has 2 aromatic carbocycles. The van der Waals surface area contributed by atoms with Gasteiger partial charge in [0, 0.05) is 16.0 Å². The Kier molecular flexibility index (Phi) is 4.56. The van der Waals surface area contributed by atoms with Gasteiger partial charge in [0.05, 0.1) is 5.56 Å². The van der Waals surface area contributed by atoms with Gasteiger partial charge in [-0.2, -0.15) is 0 Å². The second-order valence-electron chi connectivity index (χ2n) is 3.91.